The molecule has 1 atom stereocenters. The van der Waals surface area contributed by atoms with Gasteiger partial charge in [-0.2, -0.15) is 0 Å². The van der Waals surface area contributed by atoms with Crippen molar-refractivity contribution in [1.29, 1.82) is 0 Å². The predicted molar refractivity (Wildman–Crippen MR) is 54.1 cm³/mol. The SMILES string of the molecule is CC(=O)N1CCCN(P(=O)(O)Cl)CC1. The second-order valence-electron chi connectivity index (χ2n) is 3.29. The van der Waals surface area contributed by atoms with Gasteiger partial charge in [-0.05, 0) is 17.7 Å². The summed E-state index contributed by atoms with van der Waals surface area (Å²) in [5.41, 5.74) is 0. The molecule has 14 heavy (non-hydrogen) atoms. The maximum Gasteiger partial charge on any atom is 0.360 e. The van der Waals surface area contributed by atoms with E-state index in [0.717, 1.165) is 0 Å². The van der Waals surface area contributed by atoms with E-state index in [1.807, 2.05) is 0 Å². The third-order valence-electron chi connectivity index (χ3n) is 2.27. The zero-order valence-electron chi connectivity index (χ0n) is 8.02. The first-order valence-electron chi connectivity index (χ1n) is 4.44. The fourth-order valence-corrected chi connectivity index (χ4v) is 2.64. The highest BCUT2D eigenvalue weighted by Crippen LogP contribution is 2.50. The Kier molecular flexibility index (Phi) is 3.95. The molecule has 7 heteroatoms. The summed E-state index contributed by atoms with van der Waals surface area (Å²) in [6, 6.07) is 0. The van der Waals surface area contributed by atoms with Gasteiger partial charge in [0.15, 0.2) is 0 Å². The first kappa shape index (κ1) is 12.0. The number of nitrogens with zero attached hydrogens (tertiary/aromatic N) is 2. The maximum absolute atomic E-state index is 11.1. The predicted octanol–water partition coefficient (Wildman–Crippen LogP) is 0.880. The first-order chi connectivity index (χ1) is 6.41. The van der Waals surface area contributed by atoms with Gasteiger partial charge in [-0.1, -0.05) is 0 Å². The molecule has 1 rings (SSSR count). The number of halogens is 1. The third kappa shape index (κ3) is 3.24. The smallest absolute Gasteiger partial charge is 0.342 e. The van der Waals surface area contributed by atoms with Gasteiger partial charge in [-0.3, -0.25) is 9.36 Å². The molecule has 1 saturated heterocycles. The molecule has 0 aliphatic carbocycles. The lowest BCUT2D eigenvalue weighted by atomic mass is 10.4. The highest BCUT2D eigenvalue weighted by Gasteiger charge is 2.27. The van der Waals surface area contributed by atoms with E-state index in [9.17, 15) is 9.36 Å². The number of hydrogen-bond donors (Lipinski definition) is 1. The highest BCUT2D eigenvalue weighted by atomic mass is 35.7. The van der Waals surface area contributed by atoms with Gasteiger partial charge in [0.2, 0.25) is 5.91 Å². The largest absolute Gasteiger partial charge is 0.360 e. The molecule has 0 aromatic rings. The van der Waals surface area contributed by atoms with Crippen molar-refractivity contribution in [3.8, 4) is 0 Å². The van der Waals surface area contributed by atoms with Crippen LogP contribution in [0.5, 0.6) is 0 Å². The molecule has 0 aromatic carbocycles. The number of carbonyl (C=O) groups excluding carboxylic acids is 1. The van der Waals surface area contributed by atoms with E-state index in [2.05, 4.69) is 0 Å². The van der Waals surface area contributed by atoms with Crippen molar-refractivity contribution < 1.29 is 14.3 Å². The number of carbonyl (C=O) groups is 1. The van der Waals surface area contributed by atoms with Crippen LogP contribution in [0.2, 0.25) is 0 Å². The Bertz CT molecular complexity index is 268. The van der Waals surface area contributed by atoms with Crippen LogP contribution in [-0.4, -0.2) is 46.5 Å². The van der Waals surface area contributed by atoms with E-state index in [1.54, 1.807) is 4.90 Å². The first-order valence-corrected chi connectivity index (χ1v) is 6.96. The summed E-state index contributed by atoms with van der Waals surface area (Å²) in [4.78, 5) is 21.8. The zero-order valence-corrected chi connectivity index (χ0v) is 9.67. The Labute approximate surface area is 87.9 Å². The molecule has 0 saturated carbocycles. The second kappa shape index (κ2) is 4.62. The van der Waals surface area contributed by atoms with Crippen LogP contribution in [0.4, 0.5) is 0 Å². The van der Waals surface area contributed by atoms with Crippen LogP contribution in [-0.2, 0) is 9.36 Å². The fourth-order valence-electron chi connectivity index (χ4n) is 1.47. The molecule has 1 fully saturated rings. The molecular formula is C7H14ClN2O3P. The second-order valence-corrected chi connectivity index (χ2v) is 6.12. The molecule has 5 nitrogen and oxygen atoms in total. The molecule has 0 bridgehead atoms. The van der Waals surface area contributed by atoms with E-state index in [4.69, 9.17) is 16.1 Å². The van der Waals surface area contributed by atoms with Crippen LogP contribution in [0.1, 0.15) is 13.3 Å². The van der Waals surface area contributed by atoms with Crippen LogP contribution in [0.15, 0.2) is 0 Å². The lowest BCUT2D eigenvalue weighted by Gasteiger charge is -2.21. The van der Waals surface area contributed by atoms with Crippen molar-refractivity contribution in [3.63, 3.8) is 0 Å². The molecule has 0 aromatic heterocycles. The van der Waals surface area contributed by atoms with E-state index in [1.165, 1.54) is 11.6 Å². The van der Waals surface area contributed by atoms with Crippen LogP contribution in [0.3, 0.4) is 0 Å². The van der Waals surface area contributed by atoms with Gasteiger partial charge < -0.3 is 9.79 Å². The van der Waals surface area contributed by atoms with Crippen molar-refractivity contribution in [2.24, 2.45) is 0 Å². The quantitative estimate of drug-likeness (QED) is 0.692. The Hall–Kier alpha value is -0.0900. The van der Waals surface area contributed by atoms with Gasteiger partial charge in [-0.25, -0.2) is 4.67 Å². The normalized spacial score (nSPS) is 24.1. The number of amides is 1. The average Bonchev–Trinajstić information content (AvgIpc) is 2.26. The average molecular weight is 241 g/mol. The summed E-state index contributed by atoms with van der Waals surface area (Å²) in [6.07, 6.45) is 0.677. The van der Waals surface area contributed by atoms with Gasteiger partial charge in [0, 0.05) is 33.1 Å². The lowest BCUT2D eigenvalue weighted by Crippen LogP contribution is -2.32. The summed E-state index contributed by atoms with van der Waals surface area (Å²) in [5.74, 6) is -0.00538. The van der Waals surface area contributed by atoms with E-state index >= 15 is 0 Å². The molecule has 82 valence electrons. The van der Waals surface area contributed by atoms with E-state index in [-0.39, 0.29) is 5.91 Å². The Balaban J connectivity index is 2.57. The van der Waals surface area contributed by atoms with Crippen LogP contribution < -0.4 is 0 Å². The number of rotatable bonds is 1. The minimum absolute atomic E-state index is 0.00538. The van der Waals surface area contributed by atoms with Crippen LogP contribution in [0, 0.1) is 0 Å². The summed E-state index contributed by atoms with van der Waals surface area (Å²) in [7, 11) is 0. The summed E-state index contributed by atoms with van der Waals surface area (Å²) < 4.78 is 12.5. The summed E-state index contributed by atoms with van der Waals surface area (Å²) in [6.45, 7) is -0.253. The van der Waals surface area contributed by atoms with Gasteiger partial charge in [-0.15, -0.1) is 0 Å². The minimum atomic E-state index is -3.66. The summed E-state index contributed by atoms with van der Waals surface area (Å²) in [5, 5.41) is 0. The monoisotopic (exact) mass is 240 g/mol. The minimum Gasteiger partial charge on any atom is -0.342 e. The van der Waals surface area contributed by atoms with Crippen molar-refractivity contribution in [1.82, 2.24) is 9.57 Å². The zero-order chi connectivity index (χ0) is 10.8. The molecule has 1 heterocycles. The van der Waals surface area contributed by atoms with Crippen molar-refractivity contribution in [2.45, 2.75) is 13.3 Å². The third-order valence-corrected chi connectivity index (χ3v) is 4.01. The standard InChI is InChI=1S/C7H14ClN2O3P/c1-7(11)9-3-2-4-10(6-5-9)14(8,12)13/h2-6H2,1H3,(H,12,13). The van der Waals surface area contributed by atoms with Gasteiger partial charge in [0.05, 0.1) is 0 Å². The molecule has 0 spiro atoms. The molecule has 0 radical (unpaired) electrons. The number of hydrogen-bond acceptors (Lipinski definition) is 2. The Morgan fingerprint density at radius 1 is 1.36 bits per heavy atom. The highest BCUT2D eigenvalue weighted by molar-refractivity contribution is 7.82. The Morgan fingerprint density at radius 3 is 2.50 bits per heavy atom. The maximum atomic E-state index is 11.1. The van der Waals surface area contributed by atoms with E-state index < -0.39 is 6.87 Å². The van der Waals surface area contributed by atoms with E-state index in [0.29, 0.717) is 32.6 Å². The lowest BCUT2D eigenvalue weighted by molar-refractivity contribution is -0.128. The Morgan fingerprint density at radius 2 is 2.00 bits per heavy atom. The topological polar surface area (TPSA) is 60.9 Å². The van der Waals surface area contributed by atoms with Crippen molar-refractivity contribution >= 4 is 24.0 Å². The van der Waals surface area contributed by atoms with Crippen molar-refractivity contribution in [2.75, 3.05) is 26.2 Å². The molecule has 1 aliphatic rings. The molecular weight excluding hydrogens is 227 g/mol. The van der Waals surface area contributed by atoms with Crippen molar-refractivity contribution in [3.05, 3.63) is 0 Å². The van der Waals surface area contributed by atoms with Crippen LogP contribution >= 0.6 is 18.1 Å². The molecule has 1 N–H and O–H groups in total. The van der Waals surface area contributed by atoms with Crippen LogP contribution in [0.25, 0.3) is 0 Å². The molecule has 1 aliphatic heterocycles. The van der Waals surface area contributed by atoms with Gasteiger partial charge in [0.1, 0.15) is 0 Å². The van der Waals surface area contributed by atoms with Gasteiger partial charge in [0.25, 0.3) is 0 Å². The molecule has 1 amide bonds. The summed E-state index contributed by atoms with van der Waals surface area (Å²) >= 11 is 5.35. The molecule has 1 unspecified atom stereocenters. The van der Waals surface area contributed by atoms with Gasteiger partial charge >= 0.3 is 6.87 Å². The fraction of sp³-hybridized carbons (Fsp3) is 0.857.